The predicted octanol–water partition coefficient (Wildman–Crippen LogP) is -0.0970. The quantitative estimate of drug-likeness (QED) is 0.616. The predicted molar refractivity (Wildman–Crippen MR) is 59.5 cm³/mol. The van der Waals surface area contributed by atoms with Crippen molar-refractivity contribution in [3.05, 3.63) is 52.2 Å². The number of aromatic nitrogens is 2. The van der Waals surface area contributed by atoms with E-state index in [-0.39, 0.29) is 16.2 Å². The van der Waals surface area contributed by atoms with E-state index in [1.165, 1.54) is 12.1 Å². The number of esters is 1. The van der Waals surface area contributed by atoms with Crippen LogP contribution in [0.4, 0.5) is 4.39 Å². The maximum absolute atomic E-state index is 12.7. The molecule has 2 N–H and O–H groups in total. The fourth-order valence-electron chi connectivity index (χ4n) is 1.41. The second-order valence-corrected chi connectivity index (χ2v) is 3.67. The number of nitrogens with zero attached hydrogens (tertiary/aromatic N) is 2. The maximum atomic E-state index is 12.7. The fraction of sp³-hybridized carbons (Fsp3) is 0.0909. The summed E-state index contributed by atoms with van der Waals surface area (Å²) in [6.45, 7) is -0.479. The van der Waals surface area contributed by atoms with Crippen molar-refractivity contribution in [2.24, 2.45) is 5.73 Å². The number of rotatable bonds is 4. The van der Waals surface area contributed by atoms with Crippen LogP contribution in [0.3, 0.4) is 0 Å². The number of halogens is 1. The molecule has 0 fully saturated rings. The molecule has 0 spiro atoms. The minimum Gasteiger partial charge on any atom is -0.453 e. The van der Waals surface area contributed by atoms with Crippen molar-refractivity contribution in [2.45, 2.75) is 6.61 Å². The molecular formula is C11H8FN3O5. The number of hydrogen-bond donors (Lipinski definition) is 1. The maximum Gasteiger partial charge on any atom is 0.338 e. The minimum absolute atomic E-state index is 0.102. The molecule has 2 aromatic rings. The Bertz CT molecular complexity index is 653. The molecule has 0 radical (unpaired) electrons. The van der Waals surface area contributed by atoms with Crippen LogP contribution in [0.5, 0.6) is 0 Å². The molecule has 20 heavy (non-hydrogen) atoms. The minimum atomic E-state index is -1.06. The topological polar surface area (TPSA) is 122 Å². The molecule has 8 nitrogen and oxygen atoms in total. The smallest absolute Gasteiger partial charge is 0.338 e. The molecule has 1 aromatic heterocycles. The molecule has 2 rings (SSSR count). The van der Waals surface area contributed by atoms with Crippen molar-refractivity contribution in [1.29, 1.82) is 0 Å². The first kappa shape index (κ1) is 13.5. The van der Waals surface area contributed by atoms with Crippen molar-refractivity contribution in [3.63, 3.8) is 0 Å². The van der Waals surface area contributed by atoms with Gasteiger partial charge in [-0.05, 0) is 29.2 Å². The van der Waals surface area contributed by atoms with Gasteiger partial charge in [-0.1, -0.05) is 0 Å². The van der Waals surface area contributed by atoms with Crippen molar-refractivity contribution in [1.82, 2.24) is 5.16 Å². The summed E-state index contributed by atoms with van der Waals surface area (Å²) in [5.41, 5.74) is 4.30. The van der Waals surface area contributed by atoms with Crippen molar-refractivity contribution < 1.29 is 28.2 Å². The summed E-state index contributed by atoms with van der Waals surface area (Å²) in [6, 6.07) is 4.63. The van der Waals surface area contributed by atoms with E-state index in [9.17, 15) is 19.2 Å². The summed E-state index contributed by atoms with van der Waals surface area (Å²) < 4.78 is 21.7. The van der Waals surface area contributed by atoms with E-state index in [0.717, 1.165) is 12.1 Å². The molecule has 0 unspecified atom stereocenters. The van der Waals surface area contributed by atoms with Crippen LogP contribution >= 0.6 is 0 Å². The summed E-state index contributed by atoms with van der Waals surface area (Å²) in [7, 11) is 0. The second-order valence-electron chi connectivity index (χ2n) is 3.67. The molecule has 0 atom stereocenters. The van der Waals surface area contributed by atoms with E-state index in [4.69, 9.17) is 10.5 Å². The van der Waals surface area contributed by atoms with E-state index in [0.29, 0.717) is 0 Å². The van der Waals surface area contributed by atoms with Crippen LogP contribution < -0.4 is 10.6 Å². The molecule has 1 amide bonds. The van der Waals surface area contributed by atoms with Gasteiger partial charge in [-0.25, -0.2) is 9.18 Å². The largest absolute Gasteiger partial charge is 0.453 e. The zero-order valence-electron chi connectivity index (χ0n) is 9.91. The lowest BCUT2D eigenvalue weighted by molar-refractivity contribution is -0.803. The molecular weight excluding hydrogens is 273 g/mol. The van der Waals surface area contributed by atoms with Crippen LogP contribution in [0.1, 0.15) is 26.5 Å². The molecule has 0 aliphatic carbocycles. The highest BCUT2D eigenvalue weighted by Crippen LogP contribution is 2.08. The molecule has 0 saturated carbocycles. The average molecular weight is 281 g/mol. The third-order valence-corrected chi connectivity index (χ3v) is 2.33. The normalized spacial score (nSPS) is 10.2. The van der Waals surface area contributed by atoms with E-state index in [1.54, 1.807) is 0 Å². The van der Waals surface area contributed by atoms with Crippen molar-refractivity contribution in [3.8, 4) is 0 Å². The molecule has 1 aromatic carbocycles. The monoisotopic (exact) mass is 281 g/mol. The van der Waals surface area contributed by atoms with Gasteiger partial charge in [-0.3, -0.25) is 9.42 Å². The number of benzene rings is 1. The van der Waals surface area contributed by atoms with E-state index < -0.39 is 30.0 Å². The van der Waals surface area contributed by atoms with E-state index in [2.05, 4.69) is 9.79 Å². The van der Waals surface area contributed by atoms with Crippen LogP contribution in [0.15, 0.2) is 28.9 Å². The van der Waals surface area contributed by atoms with Gasteiger partial charge in [0.25, 0.3) is 17.3 Å². The zero-order valence-corrected chi connectivity index (χ0v) is 9.91. The number of amides is 1. The highest BCUT2D eigenvalue weighted by atomic mass is 19.1. The summed E-state index contributed by atoms with van der Waals surface area (Å²) in [6.07, 6.45) is 0. The molecule has 9 heteroatoms. The van der Waals surface area contributed by atoms with Crippen LogP contribution in [-0.2, 0) is 11.3 Å². The van der Waals surface area contributed by atoms with Gasteiger partial charge >= 0.3 is 5.97 Å². The van der Waals surface area contributed by atoms with Crippen LogP contribution in [0, 0.1) is 11.0 Å². The SMILES string of the molecule is NC(=O)c1c(COC(=O)c2ccc(F)cc2)no[n+]1[O-]. The van der Waals surface area contributed by atoms with E-state index in [1.807, 2.05) is 0 Å². The van der Waals surface area contributed by atoms with Gasteiger partial charge in [0.1, 0.15) is 5.82 Å². The van der Waals surface area contributed by atoms with Crippen LogP contribution in [0.25, 0.3) is 0 Å². The highest BCUT2D eigenvalue weighted by Gasteiger charge is 2.25. The molecule has 104 valence electrons. The Labute approximate surface area is 111 Å². The first-order valence-electron chi connectivity index (χ1n) is 5.30. The van der Waals surface area contributed by atoms with Crippen LogP contribution in [0.2, 0.25) is 0 Å². The number of nitrogens with two attached hydrogens (primary N) is 1. The van der Waals surface area contributed by atoms with Gasteiger partial charge in [0.05, 0.1) is 5.56 Å². The Balaban J connectivity index is 2.07. The Morgan fingerprint density at radius 3 is 2.65 bits per heavy atom. The van der Waals surface area contributed by atoms with Crippen molar-refractivity contribution >= 4 is 11.9 Å². The van der Waals surface area contributed by atoms with Crippen molar-refractivity contribution in [2.75, 3.05) is 0 Å². The first-order chi connectivity index (χ1) is 9.49. The first-order valence-corrected chi connectivity index (χ1v) is 5.30. The van der Waals surface area contributed by atoms with Gasteiger partial charge in [0.15, 0.2) is 6.61 Å². The summed E-state index contributed by atoms with van der Waals surface area (Å²) in [5, 5.41) is 14.3. The molecule has 0 bridgehead atoms. The fourth-order valence-corrected chi connectivity index (χ4v) is 1.41. The third kappa shape index (κ3) is 2.71. The third-order valence-electron chi connectivity index (χ3n) is 2.33. The Morgan fingerprint density at radius 1 is 1.40 bits per heavy atom. The van der Waals surface area contributed by atoms with Crippen LogP contribution in [-0.4, -0.2) is 17.0 Å². The summed E-state index contributed by atoms with van der Waals surface area (Å²) in [5.74, 6) is -2.34. The Morgan fingerprint density at radius 2 is 2.05 bits per heavy atom. The number of carbonyl (C=O) groups excluding carboxylic acids is 2. The lowest BCUT2D eigenvalue weighted by atomic mass is 10.2. The molecule has 0 saturated heterocycles. The molecule has 0 aliphatic rings. The number of carbonyl (C=O) groups is 2. The molecule has 1 heterocycles. The number of primary amides is 1. The van der Waals surface area contributed by atoms with Gasteiger partial charge in [-0.2, -0.15) is 0 Å². The zero-order chi connectivity index (χ0) is 14.7. The number of hydrogen-bond acceptors (Lipinski definition) is 6. The Hall–Kier alpha value is -2.97. The Kier molecular flexibility index (Phi) is 3.60. The van der Waals surface area contributed by atoms with Gasteiger partial charge in [0.2, 0.25) is 0 Å². The number of ether oxygens (including phenoxy) is 1. The molecule has 0 aliphatic heterocycles. The second kappa shape index (κ2) is 5.34. The highest BCUT2D eigenvalue weighted by molar-refractivity contribution is 5.91. The average Bonchev–Trinajstić information content (AvgIpc) is 2.78. The lowest BCUT2D eigenvalue weighted by Gasteiger charge is -2.01. The van der Waals surface area contributed by atoms with Gasteiger partial charge in [-0.15, -0.1) is 0 Å². The van der Waals surface area contributed by atoms with E-state index >= 15 is 0 Å². The standard InChI is InChI=1S/C11H8FN3O5/c12-7-3-1-6(2-4-7)11(17)19-5-8-9(10(13)16)15(18)20-14-8/h1-4H,5H2,(H2,13,16). The lowest BCUT2D eigenvalue weighted by Crippen LogP contribution is -2.35. The summed E-state index contributed by atoms with van der Waals surface area (Å²) >= 11 is 0. The summed E-state index contributed by atoms with van der Waals surface area (Å²) in [4.78, 5) is 22.4. The van der Waals surface area contributed by atoms with Gasteiger partial charge in [0, 0.05) is 5.16 Å². The van der Waals surface area contributed by atoms with Gasteiger partial charge < -0.3 is 15.7 Å².